The summed E-state index contributed by atoms with van der Waals surface area (Å²) in [6.45, 7) is 13.4. The molecule has 1 amide bonds. The summed E-state index contributed by atoms with van der Waals surface area (Å²) in [4.78, 5) is 33.8. The number of amides is 1. The van der Waals surface area contributed by atoms with Gasteiger partial charge < -0.3 is 9.80 Å². The fourth-order valence-corrected chi connectivity index (χ4v) is 6.16. The van der Waals surface area contributed by atoms with E-state index in [-0.39, 0.29) is 17.0 Å². The van der Waals surface area contributed by atoms with E-state index in [1.165, 1.54) is 11.8 Å². The zero-order valence-corrected chi connectivity index (χ0v) is 24.3. The molecule has 0 unspecified atom stereocenters. The number of rotatable bonds is 8. The number of aryl methyl sites for hydroxylation is 1. The molecule has 0 radical (unpaired) electrons. The lowest BCUT2D eigenvalue weighted by Gasteiger charge is -2.37. The Morgan fingerprint density at radius 1 is 1.08 bits per heavy atom. The van der Waals surface area contributed by atoms with Crippen LogP contribution in [0.25, 0.3) is 6.08 Å². The number of carbonyl (C=O) groups excluding carboxylic acids is 1. The average Bonchev–Trinajstić information content (AvgIpc) is 3.18. The van der Waals surface area contributed by atoms with Crippen molar-refractivity contribution >= 4 is 46.1 Å². The number of thiocarbonyl (C=S) groups is 1. The van der Waals surface area contributed by atoms with Crippen molar-refractivity contribution in [2.24, 2.45) is 0 Å². The van der Waals surface area contributed by atoms with Crippen LogP contribution in [0.3, 0.4) is 0 Å². The third-order valence-corrected chi connectivity index (χ3v) is 8.69. The maximum Gasteiger partial charge on any atom is 0.270 e. The van der Waals surface area contributed by atoms with Crippen molar-refractivity contribution in [3.63, 3.8) is 0 Å². The Kier molecular flexibility index (Phi) is 9.08. The zero-order valence-electron chi connectivity index (χ0n) is 22.6. The minimum Gasteiger partial charge on any atom is -0.355 e. The molecule has 4 rings (SSSR count). The molecule has 0 spiro atoms. The summed E-state index contributed by atoms with van der Waals surface area (Å²) in [5.74, 6) is 0.658. The number of pyridine rings is 1. The normalized spacial score (nSPS) is 17.5. The van der Waals surface area contributed by atoms with Gasteiger partial charge in [-0.15, -0.1) is 0 Å². The van der Waals surface area contributed by atoms with E-state index >= 15 is 0 Å². The Balaban J connectivity index is 1.79. The monoisotopic (exact) mass is 549 g/mol. The number of hydrogen-bond acceptors (Lipinski definition) is 7. The first-order valence-electron chi connectivity index (χ1n) is 13.2. The third-order valence-electron chi connectivity index (χ3n) is 7.31. The molecule has 3 heterocycles. The van der Waals surface area contributed by atoms with Gasteiger partial charge in [0.05, 0.1) is 11.4 Å². The molecule has 2 aliphatic heterocycles. The number of carbonyl (C=O) groups is 1. The maximum atomic E-state index is 13.5. The number of thioether (sulfide) groups is 1. The molecule has 2 saturated heterocycles. The fourth-order valence-electron chi connectivity index (χ4n) is 4.93. The molecule has 1 aromatic heterocycles. The highest BCUT2D eigenvalue weighted by atomic mass is 32.2. The molecule has 2 fully saturated rings. The Hall–Kier alpha value is -2.93. The van der Waals surface area contributed by atoms with Crippen molar-refractivity contribution in [2.45, 2.75) is 53.6 Å². The molecule has 38 heavy (non-hydrogen) atoms. The quantitative estimate of drug-likeness (QED) is 0.350. The van der Waals surface area contributed by atoms with Gasteiger partial charge in [-0.05, 0) is 44.0 Å². The summed E-state index contributed by atoms with van der Waals surface area (Å²) in [6, 6.07) is 10.2. The number of nitriles is 1. The third kappa shape index (κ3) is 5.73. The Bertz CT molecular complexity index is 1350. The van der Waals surface area contributed by atoms with E-state index < -0.39 is 0 Å². The molecule has 0 bridgehead atoms. The van der Waals surface area contributed by atoms with E-state index in [1.54, 1.807) is 9.47 Å². The smallest absolute Gasteiger partial charge is 0.270 e. The van der Waals surface area contributed by atoms with Crippen LogP contribution in [0, 0.1) is 25.2 Å². The van der Waals surface area contributed by atoms with Crippen LogP contribution in [0.5, 0.6) is 0 Å². The van der Waals surface area contributed by atoms with Crippen molar-refractivity contribution < 1.29 is 4.79 Å². The highest BCUT2D eigenvalue weighted by molar-refractivity contribution is 8.26. The SMILES string of the molecule is CCCCn1c(N2CCN(CC)CC2)c(/C=C2\SC(=S)N(Cc3ccc(C)cc3)C2=O)c(C)c(C#N)c1=O. The molecular weight excluding hydrogens is 514 g/mol. The van der Waals surface area contributed by atoms with E-state index in [2.05, 4.69) is 29.7 Å². The van der Waals surface area contributed by atoms with Crippen molar-refractivity contribution in [1.82, 2.24) is 14.4 Å². The second-order valence-corrected chi connectivity index (χ2v) is 11.5. The molecule has 0 saturated carbocycles. The van der Waals surface area contributed by atoms with Gasteiger partial charge in [0.25, 0.3) is 11.5 Å². The van der Waals surface area contributed by atoms with Gasteiger partial charge in [-0.25, -0.2) is 0 Å². The minimum atomic E-state index is -0.254. The Morgan fingerprint density at radius 2 is 1.76 bits per heavy atom. The summed E-state index contributed by atoms with van der Waals surface area (Å²) in [5.41, 5.74) is 3.43. The van der Waals surface area contributed by atoms with E-state index in [0.717, 1.165) is 68.1 Å². The van der Waals surface area contributed by atoms with Crippen LogP contribution in [0.1, 0.15) is 54.5 Å². The maximum absolute atomic E-state index is 13.5. The van der Waals surface area contributed by atoms with E-state index in [4.69, 9.17) is 12.2 Å². The number of unbranched alkanes of at least 4 members (excludes halogenated alkanes) is 1. The summed E-state index contributed by atoms with van der Waals surface area (Å²) in [5, 5.41) is 9.92. The van der Waals surface area contributed by atoms with Crippen LogP contribution < -0.4 is 10.5 Å². The highest BCUT2D eigenvalue weighted by Crippen LogP contribution is 2.37. The number of hydrogen-bond donors (Lipinski definition) is 0. The van der Waals surface area contributed by atoms with Gasteiger partial charge in [0, 0.05) is 38.3 Å². The predicted molar refractivity (Wildman–Crippen MR) is 159 cm³/mol. The van der Waals surface area contributed by atoms with E-state index in [9.17, 15) is 14.9 Å². The van der Waals surface area contributed by atoms with E-state index in [1.807, 2.05) is 44.2 Å². The molecule has 2 aliphatic rings. The van der Waals surface area contributed by atoms with Crippen LogP contribution in [0.15, 0.2) is 34.0 Å². The summed E-state index contributed by atoms with van der Waals surface area (Å²) in [7, 11) is 0. The molecule has 0 N–H and O–H groups in total. The first-order valence-corrected chi connectivity index (χ1v) is 14.5. The van der Waals surface area contributed by atoms with Gasteiger partial charge in [-0.1, -0.05) is 74.1 Å². The van der Waals surface area contributed by atoms with Crippen LogP contribution in [-0.4, -0.2) is 57.3 Å². The molecule has 200 valence electrons. The minimum absolute atomic E-state index is 0.137. The number of likely N-dealkylation sites (N-methyl/N-ethyl adjacent to an activating group) is 1. The first-order chi connectivity index (χ1) is 18.3. The lowest BCUT2D eigenvalue weighted by Crippen LogP contribution is -2.48. The number of aromatic nitrogens is 1. The summed E-state index contributed by atoms with van der Waals surface area (Å²) < 4.78 is 2.27. The molecule has 0 aliphatic carbocycles. The number of benzene rings is 1. The molecular formula is C29H35N5O2S2. The topological polar surface area (TPSA) is 72.6 Å². The van der Waals surface area contributed by atoms with E-state index in [0.29, 0.717) is 27.9 Å². The van der Waals surface area contributed by atoms with Crippen molar-refractivity contribution in [3.05, 3.63) is 67.3 Å². The highest BCUT2D eigenvalue weighted by Gasteiger charge is 2.33. The van der Waals surface area contributed by atoms with Crippen molar-refractivity contribution in [2.75, 3.05) is 37.6 Å². The largest absolute Gasteiger partial charge is 0.355 e. The van der Waals surface area contributed by atoms with Gasteiger partial charge in [-0.3, -0.25) is 19.1 Å². The molecule has 9 heteroatoms. The number of nitrogens with zero attached hydrogens (tertiary/aromatic N) is 5. The summed E-state index contributed by atoms with van der Waals surface area (Å²) >= 11 is 6.89. The van der Waals surface area contributed by atoms with Crippen LogP contribution >= 0.6 is 24.0 Å². The van der Waals surface area contributed by atoms with Crippen molar-refractivity contribution in [3.8, 4) is 6.07 Å². The molecule has 0 atom stereocenters. The van der Waals surface area contributed by atoms with Gasteiger partial charge in [-0.2, -0.15) is 5.26 Å². The second kappa shape index (κ2) is 12.3. The van der Waals surface area contributed by atoms with Crippen LogP contribution in [0.2, 0.25) is 0 Å². The fraction of sp³-hybridized carbons (Fsp3) is 0.448. The predicted octanol–water partition coefficient (Wildman–Crippen LogP) is 4.68. The second-order valence-electron chi connectivity index (χ2n) is 9.83. The van der Waals surface area contributed by atoms with Crippen LogP contribution in [0.4, 0.5) is 5.82 Å². The summed E-state index contributed by atoms with van der Waals surface area (Å²) in [6.07, 6.45) is 3.61. The van der Waals surface area contributed by atoms with Crippen molar-refractivity contribution in [1.29, 1.82) is 5.26 Å². The average molecular weight is 550 g/mol. The van der Waals surface area contributed by atoms with Gasteiger partial charge >= 0.3 is 0 Å². The lowest BCUT2D eigenvalue weighted by molar-refractivity contribution is -0.122. The number of anilines is 1. The molecule has 7 nitrogen and oxygen atoms in total. The molecule has 1 aromatic carbocycles. The molecule has 2 aromatic rings. The Labute approximate surface area is 234 Å². The van der Waals surface area contributed by atoms with Crippen LogP contribution in [-0.2, 0) is 17.9 Å². The van der Waals surface area contributed by atoms with Gasteiger partial charge in [0.2, 0.25) is 0 Å². The van der Waals surface area contributed by atoms with Gasteiger partial charge in [0.15, 0.2) is 0 Å². The number of piperazine rings is 1. The zero-order chi connectivity index (χ0) is 27.4. The first kappa shape index (κ1) is 28.1. The Morgan fingerprint density at radius 3 is 2.37 bits per heavy atom. The van der Waals surface area contributed by atoms with Gasteiger partial charge in [0.1, 0.15) is 21.8 Å². The standard InChI is InChI=1S/C29H35N5O2S2/c1-5-7-12-33-26(32-15-13-31(6-2)14-16-32)23(21(4)24(18-30)27(33)35)17-25-28(36)34(29(37)38-25)19-22-10-8-20(3)9-11-22/h8-11,17H,5-7,12-16,19H2,1-4H3/b25-17-. The lowest BCUT2D eigenvalue weighted by atomic mass is 10.0.